The van der Waals surface area contributed by atoms with Crippen molar-refractivity contribution in [2.45, 2.75) is 45.6 Å². The summed E-state index contributed by atoms with van der Waals surface area (Å²) in [6.45, 7) is 4.91. The molecular formula is C16H22FN. The van der Waals surface area contributed by atoms with E-state index in [0.29, 0.717) is 5.56 Å². The minimum absolute atomic E-state index is 0.142. The van der Waals surface area contributed by atoms with Gasteiger partial charge in [-0.1, -0.05) is 19.1 Å². The largest absolute Gasteiger partial charge is 0.310 e. The third-order valence-electron chi connectivity index (χ3n) is 3.04. The molecule has 0 saturated carbocycles. The summed E-state index contributed by atoms with van der Waals surface area (Å²) in [7, 11) is 0. The summed E-state index contributed by atoms with van der Waals surface area (Å²) >= 11 is 0. The quantitative estimate of drug-likeness (QED) is 0.567. The first-order valence-corrected chi connectivity index (χ1v) is 6.62. The zero-order chi connectivity index (χ0) is 13.4. The molecule has 0 saturated heterocycles. The molecule has 0 bridgehead atoms. The SMILES string of the molecule is C#CCCCC(NCCC)c1ccc(F)c(C)c1. The first kappa shape index (κ1) is 14.7. The van der Waals surface area contributed by atoms with Gasteiger partial charge >= 0.3 is 0 Å². The van der Waals surface area contributed by atoms with Gasteiger partial charge in [-0.2, -0.15) is 0 Å². The van der Waals surface area contributed by atoms with Crippen molar-refractivity contribution in [3.05, 3.63) is 35.1 Å². The molecule has 1 nitrogen and oxygen atoms in total. The molecule has 98 valence electrons. The summed E-state index contributed by atoms with van der Waals surface area (Å²) in [5.41, 5.74) is 1.85. The maximum Gasteiger partial charge on any atom is 0.126 e. The normalized spacial score (nSPS) is 12.1. The standard InChI is InChI=1S/C16H22FN/c1-4-6-7-8-16(18-11-5-2)14-9-10-15(17)13(3)12-14/h1,9-10,12,16,18H,5-8,11H2,2-3H3. The van der Waals surface area contributed by atoms with Gasteiger partial charge in [0.25, 0.3) is 0 Å². The van der Waals surface area contributed by atoms with Crippen molar-refractivity contribution >= 4 is 0 Å². The second-order valence-corrected chi connectivity index (χ2v) is 4.61. The molecule has 1 rings (SSSR count). The Bertz CT molecular complexity index is 406. The third kappa shape index (κ3) is 4.50. The number of hydrogen-bond acceptors (Lipinski definition) is 1. The van der Waals surface area contributed by atoms with Gasteiger partial charge in [0.05, 0.1) is 0 Å². The highest BCUT2D eigenvalue weighted by Gasteiger charge is 2.11. The summed E-state index contributed by atoms with van der Waals surface area (Å²) < 4.78 is 13.3. The maximum absolute atomic E-state index is 13.3. The van der Waals surface area contributed by atoms with Crippen molar-refractivity contribution in [3.63, 3.8) is 0 Å². The van der Waals surface area contributed by atoms with Crippen LogP contribution in [0, 0.1) is 25.1 Å². The Labute approximate surface area is 110 Å². The van der Waals surface area contributed by atoms with Crippen molar-refractivity contribution in [2.24, 2.45) is 0 Å². The Hall–Kier alpha value is -1.33. The van der Waals surface area contributed by atoms with Crippen molar-refractivity contribution in [1.29, 1.82) is 0 Å². The van der Waals surface area contributed by atoms with Crippen LogP contribution in [0.3, 0.4) is 0 Å². The molecule has 0 aliphatic carbocycles. The third-order valence-corrected chi connectivity index (χ3v) is 3.04. The summed E-state index contributed by atoms with van der Waals surface area (Å²) in [5, 5.41) is 3.50. The number of hydrogen-bond donors (Lipinski definition) is 1. The van der Waals surface area contributed by atoms with Gasteiger partial charge in [-0.15, -0.1) is 12.3 Å². The molecule has 0 aromatic heterocycles. The van der Waals surface area contributed by atoms with Crippen molar-refractivity contribution < 1.29 is 4.39 Å². The lowest BCUT2D eigenvalue weighted by Gasteiger charge is -2.19. The highest BCUT2D eigenvalue weighted by atomic mass is 19.1. The summed E-state index contributed by atoms with van der Waals surface area (Å²) in [6, 6.07) is 5.62. The fourth-order valence-electron chi connectivity index (χ4n) is 2.00. The van der Waals surface area contributed by atoms with Crippen molar-refractivity contribution in [1.82, 2.24) is 5.32 Å². The minimum atomic E-state index is -0.142. The Morgan fingerprint density at radius 2 is 2.22 bits per heavy atom. The molecule has 1 atom stereocenters. The van der Waals surface area contributed by atoms with Gasteiger partial charge in [0.1, 0.15) is 5.82 Å². The Balaban J connectivity index is 2.73. The van der Waals surface area contributed by atoms with Crippen LogP contribution in [-0.4, -0.2) is 6.54 Å². The highest BCUT2D eigenvalue weighted by Crippen LogP contribution is 2.21. The molecule has 0 aliphatic heterocycles. The van der Waals surface area contributed by atoms with Crippen LogP contribution >= 0.6 is 0 Å². The van der Waals surface area contributed by atoms with Gasteiger partial charge in [-0.05, 0) is 49.9 Å². The molecule has 2 heteroatoms. The monoisotopic (exact) mass is 247 g/mol. The number of nitrogens with one attached hydrogen (secondary N) is 1. The van der Waals surface area contributed by atoms with E-state index < -0.39 is 0 Å². The molecule has 1 unspecified atom stereocenters. The zero-order valence-electron chi connectivity index (χ0n) is 11.3. The zero-order valence-corrected chi connectivity index (χ0v) is 11.3. The van der Waals surface area contributed by atoms with Crippen LogP contribution in [0.2, 0.25) is 0 Å². The predicted molar refractivity (Wildman–Crippen MR) is 74.9 cm³/mol. The fraction of sp³-hybridized carbons (Fsp3) is 0.500. The first-order valence-electron chi connectivity index (χ1n) is 6.62. The maximum atomic E-state index is 13.3. The Morgan fingerprint density at radius 1 is 1.44 bits per heavy atom. The number of rotatable bonds is 7. The average molecular weight is 247 g/mol. The second kappa shape index (κ2) is 7.89. The van der Waals surface area contributed by atoms with Crippen LogP contribution in [0.25, 0.3) is 0 Å². The molecule has 1 aromatic carbocycles. The van der Waals surface area contributed by atoms with Crippen molar-refractivity contribution in [2.75, 3.05) is 6.54 Å². The van der Waals surface area contributed by atoms with E-state index >= 15 is 0 Å². The molecule has 0 heterocycles. The van der Waals surface area contributed by atoms with E-state index in [1.54, 1.807) is 13.0 Å². The van der Waals surface area contributed by atoms with Crippen LogP contribution < -0.4 is 5.32 Å². The average Bonchev–Trinajstić information content (AvgIpc) is 2.37. The molecule has 0 spiro atoms. The molecule has 18 heavy (non-hydrogen) atoms. The number of aryl methyl sites for hydroxylation is 1. The summed E-state index contributed by atoms with van der Waals surface area (Å²) in [6.07, 6.45) is 9.15. The lowest BCUT2D eigenvalue weighted by Crippen LogP contribution is -2.22. The Kier molecular flexibility index (Phi) is 6.46. The van der Waals surface area contributed by atoms with Gasteiger partial charge < -0.3 is 5.32 Å². The molecule has 0 fully saturated rings. The van der Waals surface area contributed by atoms with E-state index in [2.05, 4.69) is 18.2 Å². The number of terminal acetylenes is 1. The van der Waals surface area contributed by atoms with E-state index in [1.807, 2.05) is 12.1 Å². The van der Waals surface area contributed by atoms with E-state index in [1.165, 1.54) is 0 Å². The summed E-state index contributed by atoms with van der Waals surface area (Å²) in [5.74, 6) is 2.52. The van der Waals surface area contributed by atoms with Crippen molar-refractivity contribution in [3.8, 4) is 12.3 Å². The van der Waals surface area contributed by atoms with E-state index in [4.69, 9.17) is 6.42 Å². The van der Waals surface area contributed by atoms with Crippen LogP contribution in [0.15, 0.2) is 18.2 Å². The summed E-state index contributed by atoms with van der Waals surface area (Å²) in [4.78, 5) is 0. The lowest BCUT2D eigenvalue weighted by atomic mass is 9.99. The first-order chi connectivity index (χ1) is 8.69. The molecule has 0 amide bonds. The highest BCUT2D eigenvalue weighted by molar-refractivity contribution is 5.26. The van der Waals surface area contributed by atoms with Crippen LogP contribution in [0.1, 0.15) is 49.8 Å². The van der Waals surface area contributed by atoms with Gasteiger partial charge in [0, 0.05) is 12.5 Å². The molecule has 0 radical (unpaired) electrons. The number of unbranched alkanes of at least 4 members (excludes halogenated alkanes) is 1. The van der Waals surface area contributed by atoms with Crippen LogP contribution in [0.4, 0.5) is 4.39 Å². The number of halogens is 1. The molecule has 0 aliphatic rings. The van der Waals surface area contributed by atoms with Crippen LogP contribution in [-0.2, 0) is 0 Å². The van der Waals surface area contributed by atoms with E-state index in [0.717, 1.165) is 37.8 Å². The number of benzene rings is 1. The topological polar surface area (TPSA) is 12.0 Å². The predicted octanol–water partition coefficient (Wildman–Crippen LogP) is 3.98. The smallest absolute Gasteiger partial charge is 0.126 e. The van der Waals surface area contributed by atoms with Gasteiger partial charge in [0.15, 0.2) is 0 Å². The van der Waals surface area contributed by atoms with Crippen LogP contribution in [0.5, 0.6) is 0 Å². The van der Waals surface area contributed by atoms with Gasteiger partial charge in [-0.3, -0.25) is 0 Å². The minimum Gasteiger partial charge on any atom is -0.310 e. The molecule has 1 aromatic rings. The second-order valence-electron chi connectivity index (χ2n) is 4.61. The lowest BCUT2D eigenvalue weighted by molar-refractivity contribution is 0.486. The molecule has 1 N–H and O–H groups in total. The fourth-order valence-corrected chi connectivity index (χ4v) is 2.00. The Morgan fingerprint density at radius 3 is 2.83 bits per heavy atom. The van der Waals surface area contributed by atoms with E-state index in [9.17, 15) is 4.39 Å². The van der Waals surface area contributed by atoms with Gasteiger partial charge in [0.2, 0.25) is 0 Å². The van der Waals surface area contributed by atoms with E-state index in [-0.39, 0.29) is 11.9 Å². The van der Waals surface area contributed by atoms with Gasteiger partial charge in [-0.25, -0.2) is 4.39 Å². The molecular weight excluding hydrogens is 225 g/mol.